The molecule has 0 fully saturated rings. The van der Waals surface area contributed by atoms with Crippen LogP contribution in [-0.2, 0) is 14.8 Å². The molecule has 0 bridgehead atoms. The molecule has 1 aliphatic rings. The summed E-state index contributed by atoms with van der Waals surface area (Å²) in [6.07, 6.45) is 4.75. The molecule has 0 spiro atoms. The van der Waals surface area contributed by atoms with Crippen molar-refractivity contribution in [1.82, 2.24) is 15.0 Å². The molecule has 1 aromatic heterocycles. The highest BCUT2D eigenvalue weighted by Crippen LogP contribution is 2.27. The lowest BCUT2D eigenvalue weighted by atomic mass is 10.2. The van der Waals surface area contributed by atoms with E-state index in [2.05, 4.69) is 19.8 Å². The van der Waals surface area contributed by atoms with Crippen molar-refractivity contribution in [3.63, 3.8) is 0 Å². The van der Waals surface area contributed by atoms with Crippen LogP contribution in [0.2, 0.25) is 0 Å². The van der Waals surface area contributed by atoms with Gasteiger partial charge >= 0.3 is 0 Å². The van der Waals surface area contributed by atoms with Crippen LogP contribution in [0.15, 0.2) is 57.6 Å². The molecule has 8 nitrogen and oxygen atoms in total. The number of aromatic nitrogens is 2. The van der Waals surface area contributed by atoms with E-state index in [1.54, 1.807) is 54.2 Å². The topological polar surface area (TPSA) is 96.8 Å². The first-order valence-electron chi connectivity index (χ1n) is 7.82. The second kappa shape index (κ2) is 8.02. The van der Waals surface area contributed by atoms with E-state index in [0.717, 1.165) is 10.6 Å². The minimum absolute atomic E-state index is 0.0428. The fraction of sp³-hybridized carbons (Fsp3) is 0.312. The number of sulfonamides is 1. The van der Waals surface area contributed by atoms with Crippen molar-refractivity contribution in [1.29, 1.82) is 0 Å². The van der Waals surface area contributed by atoms with Gasteiger partial charge in [0, 0.05) is 43.4 Å². The Kier molecular flexibility index (Phi) is 5.74. The molecule has 0 saturated heterocycles. The molecular weight excluding hydrogens is 374 g/mol. The van der Waals surface area contributed by atoms with Gasteiger partial charge in [0.05, 0.1) is 10.8 Å². The lowest BCUT2D eigenvalue weighted by Crippen LogP contribution is -2.32. The molecule has 0 saturated carbocycles. The molecule has 2 heterocycles. The molecule has 3 rings (SSSR count). The summed E-state index contributed by atoms with van der Waals surface area (Å²) in [6, 6.07) is 8.31. The average Bonchev–Trinajstić information content (AvgIpc) is 3.00. The summed E-state index contributed by atoms with van der Waals surface area (Å²) < 4.78 is 32.5. The zero-order chi connectivity index (χ0) is 18.6. The van der Waals surface area contributed by atoms with E-state index in [-0.39, 0.29) is 23.0 Å². The monoisotopic (exact) mass is 393 g/mol. The summed E-state index contributed by atoms with van der Waals surface area (Å²) in [6.45, 7) is 0. The molecule has 1 aromatic carbocycles. The number of anilines is 1. The summed E-state index contributed by atoms with van der Waals surface area (Å²) in [4.78, 5) is 8.86. The van der Waals surface area contributed by atoms with Crippen LogP contribution in [0.4, 0.5) is 5.95 Å². The molecule has 0 aliphatic carbocycles. The molecule has 2 aromatic rings. The van der Waals surface area contributed by atoms with Gasteiger partial charge in [-0.25, -0.2) is 23.1 Å². The van der Waals surface area contributed by atoms with E-state index in [0.29, 0.717) is 0 Å². The molecular formula is C16H19N5O3S2. The van der Waals surface area contributed by atoms with Crippen LogP contribution in [0.25, 0.3) is 0 Å². The van der Waals surface area contributed by atoms with E-state index in [4.69, 9.17) is 4.74 Å². The van der Waals surface area contributed by atoms with Crippen molar-refractivity contribution in [2.24, 2.45) is 11.0 Å². The molecule has 0 radical (unpaired) electrons. The van der Waals surface area contributed by atoms with Gasteiger partial charge in [-0.3, -0.25) is 5.01 Å². The summed E-state index contributed by atoms with van der Waals surface area (Å²) in [7, 11) is -0.176. The Hall–Kier alpha value is -2.17. The summed E-state index contributed by atoms with van der Waals surface area (Å²) >= 11 is 1.62. The van der Waals surface area contributed by atoms with E-state index < -0.39 is 10.0 Å². The first-order valence-corrected chi connectivity index (χ1v) is 10.3. The van der Waals surface area contributed by atoms with Crippen molar-refractivity contribution in [2.75, 3.05) is 24.6 Å². The van der Waals surface area contributed by atoms with Crippen LogP contribution < -0.4 is 4.72 Å². The van der Waals surface area contributed by atoms with Gasteiger partial charge in [-0.1, -0.05) is 0 Å². The fourth-order valence-electron chi connectivity index (χ4n) is 2.50. The van der Waals surface area contributed by atoms with Gasteiger partial charge in [0.1, 0.15) is 0 Å². The Labute approximate surface area is 156 Å². The Morgan fingerprint density at radius 3 is 2.58 bits per heavy atom. The Morgan fingerprint density at radius 1 is 1.23 bits per heavy atom. The van der Waals surface area contributed by atoms with E-state index in [9.17, 15) is 8.42 Å². The van der Waals surface area contributed by atoms with Crippen molar-refractivity contribution < 1.29 is 13.2 Å². The number of hydrogen-bond acceptors (Lipinski definition) is 8. The van der Waals surface area contributed by atoms with Crippen molar-refractivity contribution in [3.8, 4) is 0 Å². The second-order valence-electron chi connectivity index (χ2n) is 5.59. The lowest BCUT2D eigenvalue weighted by Gasteiger charge is -2.22. The maximum Gasteiger partial charge on any atom is 0.264 e. The van der Waals surface area contributed by atoms with Crippen LogP contribution in [0.3, 0.4) is 0 Å². The van der Waals surface area contributed by atoms with Gasteiger partial charge in [0.25, 0.3) is 10.0 Å². The largest absolute Gasteiger partial charge is 0.359 e. The van der Waals surface area contributed by atoms with E-state index in [1.807, 2.05) is 13.3 Å². The molecule has 10 heteroatoms. The van der Waals surface area contributed by atoms with Crippen molar-refractivity contribution in [3.05, 3.63) is 42.7 Å². The first-order chi connectivity index (χ1) is 12.5. The van der Waals surface area contributed by atoms with Crippen LogP contribution in [0.1, 0.15) is 0 Å². The third kappa shape index (κ3) is 4.32. The number of ether oxygens (including phenoxy) is 1. The second-order valence-corrected chi connectivity index (χ2v) is 8.36. The standard InChI is InChI=1S/C16H19N5O3S2/c1-21-15(24-2)12(10-19-21)11-25-13-4-6-14(7-5-13)26(22,23)20-16-17-8-3-9-18-16/h3-10,12,15H,11H2,1-2H3,(H,17,18,20). The lowest BCUT2D eigenvalue weighted by molar-refractivity contribution is -0.0198. The maximum absolute atomic E-state index is 12.4. The minimum atomic E-state index is -3.71. The fourth-order valence-corrected chi connectivity index (χ4v) is 4.42. The summed E-state index contributed by atoms with van der Waals surface area (Å²) in [5.41, 5.74) is 0. The van der Waals surface area contributed by atoms with Gasteiger partial charge in [-0.2, -0.15) is 5.10 Å². The van der Waals surface area contributed by atoms with E-state index in [1.165, 1.54) is 12.4 Å². The van der Waals surface area contributed by atoms with Crippen LogP contribution >= 0.6 is 11.8 Å². The number of methoxy groups -OCH3 is 1. The molecule has 1 aliphatic heterocycles. The molecule has 26 heavy (non-hydrogen) atoms. The minimum Gasteiger partial charge on any atom is -0.359 e. The number of thioether (sulfide) groups is 1. The number of nitrogens with zero attached hydrogens (tertiary/aromatic N) is 4. The quantitative estimate of drug-likeness (QED) is 0.718. The highest BCUT2D eigenvalue weighted by Gasteiger charge is 2.28. The Morgan fingerprint density at radius 2 is 1.92 bits per heavy atom. The number of rotatable bonds is 7. The zero-order valence-corrected chi connectivity index (χ0v) is 15.9. The van der Waals surface area contributed by atoms with Crippen LogP contribution in [0.5, 0.6) is 0 Å². The Bertz CT molecular complexity index is 859. The molecule has 0 amide bonds. The van der Waals surface area contributed by atoms with Crippen LogP contribution in [-0.4, -0.2) is 55.7 Å². The number of nitrogens with one attached hydrogen (secondary N) is 1. The van der Waals surface area contributed by atoms with E-state index >= 15 is 0 Å². The summed E-state index contributed by atoms with van der Waals surface area (Å²) in [5.74, 6) is 1.01. The molecule has 2 atom stereocenters. The summed E-state index contributed by atoms with van der Waals surface area (Å²) in [5, 5.41) is 6.03. The number of hydrogen-bond donors (Lipinski definition) is 1. The average molecular weight is 393 g/mol. The third-order valence-corrected chi connectivity index (χ3v) is 6.29. The highest BCUT2D eigenvalue weighted by atomic mass is 32.2. The van der Waals surface area contributed by atoms with Gasteiger partial charge in [0.15, 0.2) is 6.23 Å². The van der Waals surface area contributed by atoms with Gasteiger partial charge in [-0.15, -0.1) is 11.8 Å². The predicted molar refractivity (Wildman–Crippen MR) is 101 cm³/mol. The van der Waals surface area contributed by atoms with Gasteiger partial charge < -0.3 is 4.74 Å². The van der Waals surface area contributed by atoms with Crippen molar-refractivity contribution >= 4 is 33.9 Å². The molecule has 2 unspecified atom stereocenters. The molecule has 1 N–H and O–H groups in total. The SMILES string of the molecule is COC1C(CSc2ccc(S(=O)(=O)Nc3ncccn3)cc2)C=NN1C. The third-order valence-electron chi connectivity index (χ3n) is 3.78. The normalized spacial score (nSPS) is 19.7. The first kappa shape index (κ1) is 18.6. The number of benzene rings is 1. The van der Waals surface area contributed by atoms with Crippen LogP contribution in [0, 0.1) is 5.92 Å². The Balaban J connectivity index is 1.62. The van der Waals surface area contributed by atoms with Gasteiger partial charge in [0.2, 0.25) is 5.95 Å². The van der Waals surface area contributed by atoms with Crippen molar-refractivity contribution in [2.45, 2.75) is 16.0 Å². The van der Waals surface area contributed by atoms with Gasteiger partial charge in [-0.05, 0) is 30.3 Å². The maximum atomic E-state index is 12.4. The highest BCUT2D eigenvalue weighted by molar-refractivity contribution is 7.99. The zero-order valence-electron chi connectivity index (χ0n) is 14.3. The smallest absolute Gasteiger partial charge is 0.264 e. The predicted octanol–water partition coefficient (Wildman–Crippen LogP) is 1.89. The number of hydrazone groups is 1. The molecule has 138 valence electrons.